The van der Waals surface area contributed by atoms with Crippen molar-refractivity contribution < 1.29 is 4.79 Å². The zero-order valence-electron chi connectivity index (χ0n) is 9.53. The molecule has 1 heterocycles. The number of anilines is 1. The second-order valence-corrected chi connectivity index (χ2v) is 3.77. The van der Waals surface area contributed by atoms with Crippen LogP contribution in [0.3, 0.4) is 0 Å². The summed E-state index contributed by atoms with van der Waals surface area (Å²) in [6, 6.07) is 7.46. The van der Waals surface area contributed by atoms with Gasteiger partial charge in [-0.25, -0.2) is 0 Å². The molecule has 0 unspecified atom stereocenters. The van der Waals surface area contributed by atoms with Crippen LogP contribution in [0.25, 0.3) is 0 Å². The van der Waals surface area contributed by atoms with E-state index in [0.29, 0.717) is 12.1 Å². The summed E-state index contributed by atoms with van der Waals surface area (Å²) >= 11 is 0. The number of nitrogens with one attached hydrogen (secondary N) is 2. The van der Waals surface area contributed by atoms with Gasteiger partial charge < -0.3 is 11.1 Å². The second kappa shape index (κ2) is 4.80. The zero-order valence-corrected chi connectivity index (χ0v) is 9.53. The Bertz CT molecular complexity index is 533. The molecule has 5 heteroatoms. The lowest BCUT2D eigenvalue weighted by atomic mass is 10.2. The number of amides is 1. The van der Waals surface area contributed by atoms with E-state index in [2.05, 4.69) is 15.5 Å². The number of nitrogens with two attached hydrogens (primary N) is 1. The minimum Gasteiger partial charge on any atom is -0.326 e. The van der Waals surface area contributed by atoms with E-state index in [4.69, 9.17) is 5.73 Å². The first-order chi connectivity index (χ1) is 8.20. The number of aromatic nitrogens is 2. The molecule has 5 nitrogen and oxygen atoms in total. The fourth-order valence-electron chi connectivity index (χ4n) is 1.55. The highest BCUT2D eigenvalue weighted by molar-refractivity contribution is 6.04. The fraction of sp³-hybridized carbons (Fsp3) is 0.167. The number of aromatic amines is 1. The molecule has 4 N–H and O–H groups in total. The van der Waals surface area contributed by atoms with E-state index < -0.39 is 0 Å². The van der Waals surface area contributed by atoms with Crippen molar-refractivity contribution in [1.29, 1.82) is 0 Å². The van der Waals surface area contributed by atoms with Crippen LogP contribution in [0, 0.1) is 6.92 Å². The lowest BCUT2D eigenvalue weighted by Crippen LogP contribution is -2.12. The van der Waals surface area contributed by atoms with Gasteiger partial charge in [0.25, 0.3) is 5.91 Å². The van der Waals surface area contributed by atoms with Crippen LogP contribution in [0.4, 0.5) is 5.69 Å². The van der Waals surface area contributed by atoms with Gasteiger partial charge in [0.2, 0.25) is 0 Å². The number of benzene rings is 1. The molecule has 0 spiro atoms. The Morgan fingerprint density at radius 3 is 3.00 bits per heavy atom. The Labute approximate surface area is 99.0 Å². The van der Waals surface area contributed by atoms with Crippen molar-refractivity contribution in [3.63, 3.8) is 0 Å². The van der Waals surface area contributed by atoms with Crippen LogP contribution in [0.1, 0.15) is 21.6 Å². The van der Waals surface area contributed by atoms with E-state index in [0.717, 1.165) is 16.9 Å². The average molecular weight is 230 g/mol. The molecule has 17 heavy (non-hydrogen) atoms. The molecule has 1 aromatic heterocycles. The molecule has 2 rings (SSSR count). The summed E-state index contributed by atoms with van der Waals surface area (Å²) in [7, 11) is 0. The Hall–Kier alpha value is -2.14. The van der Waals surface area contributed by atoms with Gasteiger partial charge in [-0.05, 0) is 24.6 Å². The highest BCUT2D eigenvalue weighted by Gasteiger charge is 2.10. The van der Waals surface area contributed by atoms with E-state index in [1.165, 1.54) is 6.20 Å². The number of carbonyl (C=O) groups excluding carboxylic acids is 1. The summed E-state index contributed by atoms with van der Waals surface area (Å²) in [4.78, 5) is 11.9. The van der Waals surface area contributed by atoms with Gasteiger partial charge in [0.15, 0.2) is 0 Å². The monoisotopic (exact) mass is 230 g/mol. The summed E-state index contributed by atoms with van der Waals surface area (Å²) in [6.45, 7) is 2.26. The maximum Gasteiger partial charge on any atom is 0.259 e. The Morgan fingerprint density at radius 2 is 2.35 bits per heavy atom. The van der Waals surface area contributed by atoms with Crippen molar-refractivity contribution >= 4 is 11.6 Å². The van der Waals surface area contributed by atoms with Gasteiger partial charge >= 0.3 is 0 Å². The first-order valence-electron chi connectivity index (χ1n) is 5.31. The number of hydrogen-bond donors (Lipinski definition) is 3. The van der Waals surface area contributed by atoms with E-state index in [-0.39, 0.29) is 5.91 Å². The predicted octanol–water partition coefficient (Wildman–Crippen LogP) is 1.43. The molecule has 1 aromatic carbocycles. The maximum atomic E-state index is 11.9. The van der Waals surface area contributed by atoms with Gasteiger partial charge in [-0.3, -0.25) is 9.89 Å². The maximum absolute atomic E-state index is 11.9. The predicted molar refractivity (Wildman–Crippen MR) is 65.6 cm³/mol. The van der Waals surface area contributed by atoms with E-state index in [9.17, 15) is 4.79 Å². The van der Waals surface area contributed by atoms with E-state index >= 15 is 0 Å². The van der Waals surface area contributed by atoms with Crippen LogP contribution in [0.5, 0.6) is 0 Å². The van der Waals surface area contributed by atoms with Crippen LogP contribution in [-0.4, -0.2) is 16.1 Å². The van der Waals surface area contributed by atoms with Gasteiger partial charge in [0.1, 0.15) is 0 Å². The van der Waals surface area contributed by atoms with Crippen LogP contribution in [-0.2, 0) is 6.54 Å². The molecule has 1 amide bonds. The van der Waals surface area contributed by atoms with E-state index in [1.807, 2.05) is 24.3 Å². The Morgan fingerprint density at radius 1 is 1.53 bits per heavy atom. The molecule has 0 radical (unpaired) electrons. The molecule has 0 saturated heterocycles. The number of H-pyrrole nitrogens is 1. The molecule has 88 valence electrons. The third kappa shape index (κ3) is 2.51. The molecule has 0 aliphatic carbocycles. The Kier molecular flexibility index (Phi) is 3.20. The minimum atomic E-state index is -0.176. The average Bonchev–Trinajstić information content (AvgIpc) is 2.76. The summed E-state index contributed by atoms with van der Waals surface area (Å²) in [6.07, 6.45) is 1.51. The molecule has 2 aromatic rings. The normalized spacial score (nSPS) is 10.2. The van der Waals surface area contributed by atoms with Gasteiger partial charge in [0.05, 0.1) is 11.8 Å². The summed E-state index contributed by atoms with van der Waals surface area (Å²) in [5.41, 5.74) is 8.55. The molecular weight excluding hydrogens is 216 g/mol. The van der Waals surface area contributed by atoms with E-state index in [1.54, 1.807) is 6.92 Å². The summed E-state index contributed by atoms with van der Waals surface area (Å²) in [5.74, 6) is -0.176. The van der Waals surface area contributed by atoms with Crippen molar-refractivity contribution in [2.75, 3.05) is 5.32 Å². The third-order valence-electron chi connectivity index (χ3n) is 2.50. The number of carbonyl (C=O) groups is 1. The zero-order chi connectivity index (χ0) is 12.3. The van der Waals surface area contributed by atoms with Gasteiger partial charge in [0, 0.05) is 17.9 Å². The molecule has 0 fully saturated rings. The fourth-order valence-corrected chi connectivity index (χ4v) is 1.55. The summed E-state index contributed by atoms with van der Waals surface area (Å²) in [5, 5.41) is 9.34. The number of aryl methyl sites for hydroxylation is 1. The van der Waals surface area contributed by atoms with Crippen molar-refractivity contribution in [3.8, 4) is 0 Å². The van der Waals surface area contributed by atoms with Crippen LogP contribution in [0.2, 0.25) is 0 Å². The van der Waals surface area contributed by atoms with Crippen molar-refractivity contribution in [1.82, 2.24) is 10.2 Å². The first kappa shape index (κ1) is 11.3. The topological polar surface area (TPSA) is 83.8 Å². The SMILES string of the molecule is Cc1[nH]ncc1C(=O)Nc1cccc(CN)c1. The van der Waals surface area contributed by atoms with Crippen LogP contribution < -0.4 is 11.1 Å². The number of nitrogens with zero attached hydrogens (tertiary/aromatic N) is 1. The number of hydrogen-bond acceptors (Lipinski definition) is 3. The summed E-state index contributed by atoms with van der Waals surface area (Å²) < 4.78 is 0. The van der Waals surface area contributed by atoms with Crippen LogP contribution >= 0.6 is 0 Å². The molecular formula is C12H14N4O. The minimum absolute atomic E-state index is 0.176. The lowest BCUT2D eigenvalue weighted by Gasteiger charge is -2.05. The van der Waals surface area contributed by atoms with Crippen LogP contribution in [0.15, 0.2) is 30.5 Å². The second-order valence-electron chi connectivity index (χ2n) is 3.77. The van der Waals surface area contributed by atoms with Gasteiger partial charge in [-0.15, -0.1) is 0 Å². The third-order valence-corrected chi connectivity index (χ3v) is 2.50. The lowest BCUT2D eigenvalue weighted by molar-refractivity contribution is 0.102. The highest BCUT2D eigenvalue weighted by atomic mass is 16.1. The van der Waals surface area contributed by atoms with Crippen molar-refractivity contribution in [2.45, 2.75) is 13.5 Å². The quantitative estimate of drug-likeness (QED) is 0.745. The first-order valence-corrected chi connectivity index (χ1v) is 5.31. The van der Waals surface area contributed by atoms with Gasteiger partial charge in [-0.2, -0.15) is 5.10 Å². The van der Waals surface area contributed by atoms with Crippen molar-refractivity contribution in [2.24, 2.45) is 5.73 Å². The van der Waals surface area contributed by atoms with Gasteiger partial charge in [-0.1, -0.05) is 12.1 Å². The Balaban J connectivity index is 2.16. The molecule has 0 saturated carbocycles. The largest absolute Gasteiger partial charge is 0.326 e. The number of rotatable bonds is 3. The standard InChI is InChI=1S/C12H14N4O/c1-8-11(7-14-16-8)12(17)15-10-4-2-3-9(5-10)6-13/h2-5,7H,6,13H2,1H3,(H,14,16)(H,15,17). The van der Waals surface area contributed by atoms with Crippen molar-refractivity contribution in [3.05, 3.63) is 47.3 Å². The molecule has 0 atom stereocenters. The highest BCUT2D eigenvalue weighted by Crippen LogP contribution is 2.12. The molecule has 0 aliphatic heterocycles. The molecule has 0 aliphatic rings. The molecule has 0 bridgehead atoms. The smallest absolute Gasteiger partial charge is 0.259 e.